The van der Waals surface area contributed by atoms with Crippen LogP contribution in [0.3, 0.4) is 0 Å². The quantitative estimate of drug-likeness (QED) is 0.496. The van der Waals surface area contributed by atoms with Crippen molar-refractivity contribution in [1.29, 1.82) is 0 Å². The molecule has 0 bridgehead atoms. The molecule has 1 aromatic carbocycles. The van der Waals surface area contributed by atoms with Crippen molar-refractivity contribution in [2.24, 2.45) is 14.1 Å². The highest BCUT2D eigenvalue weighted by atomic mass is 15.3. The molecular formula is C22H22N8. The molecule has 0 saturated carbocycles. The molecule has 5 rings (SSSR count). The molecule has 3 aromatic heterocycles. The normalized spacial score (nSPS) is 16.0. The summed E-state index contributed by atoms with van der Waals surface area (Å²) in [5.41, 5.74) is 3.16. The van der Waals surface area contributed by atoms with Crippen LogP contribution in [0.2, 0.25) is 0 Å². The number of hydrogen-bond donors (Lipinski definition) is 0. The summed E-state index contributed by atoms with van der Waals surface area (Å²) >= 11 is 0. The van der Waals surface area contributed by atoms with Gasteiger partial charge in [-0.1, -0.05) is 30.3 Å². The Kier molecular flexibility index (Phi) is 4.24. The molecule has 1 fully saturated rings. The number of piperidine rings is 1. The highest BCUT2D eigenvalue weighted by Crippen LogP contribution is 2.39. The predicted octanol–water partition coefficient (Wildman–Crippen LogP) is 3.18. The Bertz CT molecular complexity index is 1240. The van der Waals surface area contributed by atoms with E-state index in [0.29, 0.717) is 0 Å². The van der Waals surface area contributed by atoms with Gasteiger partial charge in [0.1, 0.15) is 12.2 Å². The number of aromatic nitrogens is 6. The smallest absolute Gasteiger partial charge is 0.260 e. The number of imidazole rings is 1. The van der Waals surface area contributed by atoms with Crippen molar-refractivity contribution in [3.05, 3.63) is 66.0 Å². The molecule has 0 unspecified atom stereocenters. The standard InChI is InChI=1S/C22H22N8/c1-23-22(17-7-5-4-6-8-17)9-11-30(12-10-22)21-18-20(24-15-25-21)29(3)19(27-18)16-13-26-28(2)14-16/h4-8,13-15H,9-12H2,2-3H3. The van der Waals surface area contributed by atoms with Crippen molar-refractivity contribution in [2.75, 3.05) is 18.0 Å². The predicted molar refractivity (Wildman–Crippen MR) is 115 cm³/mol. The van der Waals surface area contributed by atoms with Gasteiger partial charge in [0.05, 0.1) is 11.8 Å². The number of anilines is 1. The first-order chi connectivity index (χ1) is 14.6. The molecule has 1 aliphatic rings. The SMILES string of the molecule is [C-]#[N+]C1(c2ccccc2)CCN(c2ncnc3c2nc(-c2cnn(C)c2)n3C)CC1. The van der Waals surface area contributed by atoms with Gasteiger partial charge in [-0.05, 0) is 0 Å². The Morgan fingerprint density at radius 3 is 2.50 bits per heavy atom. The second-order valence-electron chi connectivity index (χ2n) is 7.76. The maximum atomic E-state index is 7.87. The fraction of sp³-hybridized carbons (Fsp3) is 0.318. The van der Waals surface area contributed by atoms with Crippen LogP contribution >= 0.6 is 0 Å². The fourth-order valence-corrected chi connectivity index (χ4v) is 4.32. The maximum absolute atomic E-state index is 7.87. The summed E-state index contributed by atoms with van der Waals surface area (Å²) in [6.07, 6.45) is 6.86. The van der Waals surface area contributed by atoms with Gasteiger partial charge >= 0.3 is 0 Å². The Morgan fingerprint density at radius 1 is 1.07 bits per heavy atom. The monoisotopic (exact) mass is 398 g/mol. The van der Waals surface area contributed by atoms with E-state index in [1.807, 2.05) is 43.1 Å². The van der Waals surface area contributed by atoms with Crippen LogP contribution in [-0.2, 0) is 19.6 Å². The van der Waals surface area contributed by atoms with E-state index < -0.39 is 5.54 Å². The molecule has 8 nitrogen and oxygen atoms in total. The lowest BCUT2D eigenvalue weighted by molar-refractivity contribution is 0.401. The van der Waals surface area contributed by atoms with Crippen molar-refractivity contribution in [1.82, 2.24) is 29.3 Å². The van der Waals surface area contributed by atoms with Crippen molar-refractivity contribution >= 4 is 17.0 Å². The van der Waals surface area contributed by atoms with Crippen molar-refractivity contribution in [3.63, 3.8) is 0 Å². The molecule has 0 atom stereocenters. The molecular weight excluding hydrogens is 376 g/mol. The van der Waals surface area contributed by atoms with E-state index in [9.17, 15) is 0 Å². The minimum atomic E-state index is -0.463. The molecule has 30 heavy (non-hydrogen) atoms. The number of benzene rings is 1. The zero-order chi connectivity index (χ0) is 20.7. The van der Waals surface area contributed by atoms with Crippen LogP contribution in [0.4, 0.5) is 5.82 Å². The second kappa shape index (κ2) is 6.95. The molecule has 4 heterocycles. The summed E-state index contributed by atoms with van der Waals surface area (Å²) in [6.45, 7) is 9.37. The molecule has 4 aromatic rings. The first kappa shape index (κ1) is 18.3. The van der Waals surface area contributed by atoms with E-state index in [-0.39, 0.29) is 0 Å². The largest absolute Gasteiger partial charge is 0.354 e. The third-order valence-electron chi connectivity index (χ3n) is 6.02. The van der Waals surface area contributed by atoms with Crippen molar-refractivity contribution < 1.29 is 0 Å². The summed E-state index contributed by atoms with van der Waals surface area (Å²) < 4.78 is 3.74. The Labute approximate surface area is 174 Å². The van der Waals surface area contributed by atoms with Crippen LogP contribution < -0.4 is 4.90 Å². The summed E-state index contributed by atoms with van der Waals surface area (Å²) in [5.74, 6) is 1.65. The van der Waals surface area contributed by atoms with Gasteiger partial charge in [0.2, 0.25) is 0 Å². The molecule has 0 radical (unpaired) electrons. The van der Waals surface area contributed by atoms with E-state index >= 15 is 0 Å². The van der Waals surface area contributed by atoms with E-state index in [0.717, 1.165) is 59.9 Å². The highest BCUT2D eigenvalue weighted by molar-refractivity contribution is 5.86. The van der Waals surface area contributed by atoms with Crippen LogP contribution in [0.5, 0.6) is 0 Å². The second-order valence-corrected chi connectivity index (χ2v) is 7.76. The summed E-state index contributed by atoms with van der Waals surface area (Å²) in [7, 11) is 3.85. The molecule has 1 aliphatic heterocycles. The molecule has 0 spiro atoms. The average molecular weight is 398 g/mol. The summed E-state index contributed by atoms with van der Waals surface area (Å²) in [5, 5.41) is 4.26. The van der Waals surface area contributed by atoms with Gasteiger partial charge in [0.15, 0.2) is 17.0 Å². The van der Waals surface area contributed by atoms with Gasteiger partial charge in [-0.15, -0.1) is 0 Å². The summed E-state index contributed by atoms with van der Waals surface area (Å²) in [6, 6.07) is 10.1. The fourth-order valence-electron chi connectivity index (χ4n) is 4.32. The number of fused-ring (bicyclic) bond motifs is 1. The topological polar surface area (TPSA) is 69.0 Å². The van der Waals surface area contributed by atoms with Gasteiger partial charge in [-0.25, -0.2) is 21.5 Å². The van der Waals surface area contributed by atoms with E-state index in [4.69, 9.17) is 11.6 Å². The molecule has 150 valence electrons. The first-order valence-corrected chi connectivity index (χ1v) is 9.97. The molecule has 0 aliphatic carbocycles. The number of rotatable bonds is 3. The minimum absolute atomic E-state index is 0.463. The van der Waals surface area contributed by atoms with E-state index in [2.05, 4.69) is 36.9 Å². The minimum Gasteiger partial charge on any atom is -0.354 e. The lowest BCUT2D eigenvalue weighted by Gasteiger charge is -2.34. The molecule has 0 N–H and O–H groups in total. The molecule has 1 saturated heterocycles. The Balaban J connectivity index is 1.49. The Hall–Kier alpha value is -3.73. The van der Waals surface area contributed by atoms with Crippen LogP contribution in [0.25, 0.3) is 27.4 Å². The van der Waals surface area contributed by atoms with Gasteiger partial charge in [-0.3, -0.25) is 4.68 Å². The van der Waals surface area contributed by atoms with Crippen LogP contribution in [0, 0.1) is 6.57 Å². The van der Waals surface area contributed by atoms with Crippen molar-refractivity contribution in [3.8, 4) is 11.4 Å². The average Bonchev–Trinajstić information content (AvgIpc) is 3.37. The third-order valence-corrected chi connectivity index (χ3v) is 6.02. The van der Waals surface area contributed by atoms with Crippen LogP contribution in [0.15, 0.2) is 49.1 Å². The lowest BCUT2D eigenvalue weighted by atomic mass is 9.81. The van der Waals surface area contributed by atoms with Crippen LogP contribution in [-0.4, -0.2) is 42.4 Å². The van der Waals surface area contributed by atoms with Gasteiger partial charge < -0.3 is 14.3 Å². The lowest BCUT2D eigenvalue weighted by Crippen LogP contribution is -2.41. The Morgan fingerprint density at radius 2 is 1.83 bits per heavy atom. The maximum Gasteiger partial charge on any atom is 0.260 e. The zero-order valence-corrected chi connectivity index (χ0v) is 17.0. The van der Waals surface area contributed by atoms with E-state index in [1.165, 1.54) is 0 Å². The zero-order valence-electron chi connectivity index (χ0n) is 17.0. The highest BCUT2D eigenvalue weighted by Gasteiger charge is 2.42. The number of aryl methyl sites for hydroxylation is 2. The summed E-state index contributed by atoms with van der Waals surface area (Å²) in [4.78, 5) is 20.2. The number of hydrogen-bond acceptors (Lipinski definition) is 5. The van der Waals surface area contributed by atoms with E-state index in [1.54, 1.807) is 17.2 Å². The van der Waals surface area contributed by atoms with Crippen molar-refractivity contribution in [2.45, 2.75) is 18.4 Å². The molecule has 8 heteroatoms. The third kappa shape index (κ3) is 2.82. The number of nitrogens with zero attached hydrogens (tertiary/aromatic N) is 8. The van der Waals surface area contributed by atoms with Gasteiger partial charge in [-0.2, -0.15) is 5.10 Å². The first-order valence-electron chi connectivity index (χ1n) is 9.97. The van der Waals surface area contributed by atoms with Crippen LogP contribution in [0.1, 0.15) is 18.4 Å². The van der Waals surface area contributed by atoms with Gasteiger partial charge in [0, 0.05) is 51.8 Å². The molecule has 0 amide bonds. The van der Waals surface area contributed by atoms with Gasteiger partial charge in [0.25, 0.3) is 5.54 Å².